The summed E-state index contributed by atoms with van der Waals surface area (Å²) in [4.78, 5) is 12.7. The lowest BCUT2D eigenvalue weighted by atomic mass is 10.2. The number of amides is 1. The van der Waals surface area contributed by atoms with Crippen LogP contribution in [-0.4, -0.2) is 19.6 Å². The van der Waals surface area contributed by atoms with Gasteiger partial charge in [0.15, 0.2) is 0 Å². The fourth-order valence-corrected chi connectivity index (χ4v) is 4.32. The van der Waals surface area contributed by atoms with Gasteiger partial charge in [-0.1, -0.05) is 23.7 Å². The molecule has 0 aromatic heterocycles. The van der Waals surface area contributed by atoms with Crippen LogP contribution >= 0.6 is 23.4 Å². The van der Waals surface area contributed by atoms with E-state index in [0.717, 1.165) is 10.5 Å². The van der Waals surface area contributed by atoms with Gasteiger partial charge in [0.25, 0.3) is 0 Å². The summed E-state index contributed by atoms with van der Waals surface area (Å²) in [5.41, 5.74) is 1.33. The van der Waals surface area contributed by atoms with Gasteiger partial charge in [0.05, 0.1) is 15.8 Å². The SMILES string of the molecule is C[C@@H]1Sc2ccc(S(=O)(=O)NCc3ccc(Cl)cc3)cc2NC1=O. The number of fused-ring (bicyclic) bond motifs is 1. The fourth-order valence-electron chi connectivity index (χ4n) is 2.22. The summed E-state index contributed by atoms with van der Waals surface area (Å²) in [6.07, 6.45) is 0. The Morgan fingerprint density at radius 3 is 2.62 bits per heavy atom. The Labute approximate surface area is 149 Å². The number of carbonyl (C=O) groups excluding carboxylic acids is 1. The molecule has 0 bridgehead atoms. The standard InChI is InChI=1S/C16H15ClN2O3S2/c1-10-16(20)19-14-8-13(6-7-15(14)23-10)24(21,22)18-9-11-2-4-12(17)5-3-11/h2-8,10,18H,9H2,1H3,(H,19,20)/t10-/m0/s1. The molecule has 1 aliphatic rings. The summed E-state index contributed by atoms with van der Waals surface area (Å²) < 4.78 is 27.4. The van der Waals surface area contributed by atoms with Crippen LogP contribution in [-0.2, 0) is 21.4 Å². The van der Waals surface area contributed by atoms with Crippen molar-refractivity contribution in [1.82, 2.24) is 4.72 Å². The third kappa shape index (κ3) is 3.75. The minimum atomic E-state index is -3.68. The summed E-state index contributed by atoms with van der Waals surface area (Å²) in [7, 11) is -3.68. The maximum atomic E-state index is 12.4. The Morgan fingerprint density at radius 2 is 1.92 bits per heavy atom. The average molecular weight is 383 g/mol. The highest BCUT2D eigenvalue weighted by atomic mass is 35.5. The lowest BCUT2D eigenvalue weighted by molar-refractivity contribution is -0.115. The summed E-state index contributed by atoms with van der Waals surface area (Å²) in [5, 5.41) is 3.14. The highest BCUT2D eigenvalue weighted by molar-refractivity contribution is 8.01. The van der Waals surface area contributed by atoms with Crippen molar-refractivity contribution in [2.45, 2.75) is 28.5 Å². The van der Waals surface area contributed by atoms with Crippen molar-refractivity contribution in [3.8, 4) is 0 Å². The molecule has 5 nitrogen and oxygen atoms in total. The smallest absolute Gasteiger partial charge is 0.240 e. The van der Waals surface area contributed by atoms with Crippen LogP contribution in [0.15, 0.2) is 52.3 Å². The minimum absolute atomic E-state index is 0.116. The van der Waals surface area contributed by atoms with Crippen LogP contribution in [0, 0.1) is 0 Å². The van der Waals surface area contributed by atoms with E-state index in [1.54, 1.807) is 43.3 Å². The first-order valence-corrected chi connectivity index (χ1v) is 9.95. The van der Waals surface area contributed by atoms with Gasteiger partial charge in [-0.2, -0.15) is 0 Å². The molecule has 126 valence electrons. The Hall–Kier alpha value is -1.54. The maximum Gasteiger partial charge on any atom is 0.240 e. The van der Waals surface area contributed by atoms with Gasteiger partial charge < -0.3 is 5.32 Å². The molecular formula is C16H15ClN2O3S2. The first-order valence-electron chi connectivity index (χ1n) is 7.21. The molecule has 0 aliphatic carbocycles. The molecule has 1 aliphatic heterocycles. The average Bonchev–Trinajstić information content (AvgIpc) is 2.55. The molecule has 0 saturated carbocycles. The molecule has 2 aromatic rings. The summed E-state index contributed by atoms with van der Waals surface area (Å²) in [6, 6.07) is 11.7. The van der Waals surface area contributed by atoms with Crippen LogP contribution < -0.4 is 10.0 Å². The Kier molecular flexibility index (Phi) is 4.87. The van der Waals surface area contributed by atoms with Gasteiger partial charge in [-0.25, -0.2) is 13.1 Å². The van der Waals surface area contributed by atoms with Crippen molar-refractivity contribution in [1.29, 1.82) is 0 Å². The number of rotatable bonds is 4. The fraction of sp³-hybridized carbons (Fsp3) is 0.188. The lowest BCUT2D eigenvalue weighted by Crippen LogP contribution is -2.27. The minimum Gasteiger partial charge on any atom is -0.324 e. The number of carbonyl (C=O) groups is 1. The van der Waals surface area contributed by atoms with Crippen LogP contribution in [0.5, 0.6) is 0 Å². The topological polar surface area (TPSA) is 75.3 Å². The highest BCUT2D eigenvalue weighted by Gasteiger charge is 2.25. The van der Waals surface area contributed by atoms with Gasteiger partial charge in [-0.05, 0) is 42.8 Å². The number of thioether (sulfide) groups is 1. The third-order valence-corrected chi connectivity index (χ3v) is 6.40. The van der Waals surface area contributed by atoms with Crippen LogP contribution in [0.3, 0.4) is 0 Å². The van der Waals surface area contributed by atoms with Gasteiger partial charge >= 0.3 is 0 Å². The van der Waals surface area contributed by atoms with E-state index in [2.05, 4.69) is 10.0 Å². The second-order valence-corrected chi connectivity index (χ2v) is 8.94. The normalized spacial score (nSPS) is 17.2. The van der Waals surface area contributed by atoms with E-state index in [1.807, 2.05) is 0 Å². The zero-order valence-electron chi connectivity index (χ0n) is 12.7. The van der Waals surface area contributed by atoms with Crippen molar-refractivity contribution >= 4 is 45.0 Å². The molecule has 8 heteroatoms. The highest BCUT2D eigenvalue weighted by Crippen LogP contribution is 2.36. The van der Waals surface area contributed by atoms with E-state index < -0.39 is 10.0 Å². The van der Waals surface area contributed by atoms with E-state index in [1.165, 1.54) is 17.8 Å². The van der Waals surface area contributed by atoms with Gasteiger partial charge in [-0.3, -0.25) is 4.79 Å². The number of sulfonamides is 1. The van der Waals surface area contributed by atoms with Crippen molar-refractivity contribution < 1.29 is 13.2 Å². The van der Waals surface area contributed by atoms with E-state index in [9.17, 15) is 13.2 Å². The lowest BCUT2D eigenvalue weighted by Gasteiger charge is -2.21. The Morgan fingerprint density at radius 1 is 1.21 bits per heavy atom. The van der Waals surface area contributed by atoms with Crippen LogP contribution in [0.4, 0.5) is 5.69 Å². The third-order valence-electron chi connectivity index (χ3n) is 3.57. The summed E-state index contributed by atoms with van der Waals surface area (Å²) in [5.74, 6) is -0.129. The monoisotopic (exact) mass is 382 g/mol. The number of hydrogen-bond acceptors (Lipinski definition) is 4. The maximum absolute atomic E-state index is 12.4. The number of anilines is 1. The van der Waals surface area contributed by atoms with Gasteiger partial charge in [0, 0.05) is 16.5 Å². The number of halogens is 1. The Bertz CT molecular complexity index is 883. The van der Waals surface area contributed by atoms with Crippen molar-refractivity contribution in [3.05, 3.63) is 53.1 Å². The second kappa shape index (κ2) is 6.76. The molecule has 24 heavy (non-hydrogen) atoms. The summed E-state index contributed by atoms with van der Waals surface area (Å²) in [6.45, 7) is 1.97. The zero-order chi connectivity index (χ0) is 17.3. The number of nitrogens with one attached hydrogen (secondary N) is 2. The van der Waals surface area contributed by atoms with Crippen molar-refractivity contribution in [2.24, 2.45) is 0 Å². The van der Waals surface area contributed by atoms with Crippen LogP contribution in [0.2, 0.25) is 5.02 Å². The molecule has 0 unspecified atom stereocenters. The first kappa shape index (κ1) is 17.3. The van der Waals surface area contributed by atoms with Crippen molar-refractivity contribution in [3.63, 3.8) is 0 Å². The molecule has 3 rings (SSSR count). The largest absolute Gasteiger partial charge is 0.324 e. The van der Waals surface area contributed by atoms with E-state index >= 15 is 0 Å². The van der Waals surface area contributed by atoms with Gasteiger partial charge in [-0.15, -0.1) is 11.8 Å². The Balaban J connectivity index is 1.78. The van der Waals surface area contributed by atoms with Crippen molar-refractivity contribution in [2.75, 3.05) is 5.32 Å². The van der Waals surface area contributed by atoms with Gasteiger partial charge in [0.1, 0.15) is 0 Å². The molecule has 1 atom stereocenters. The summed E-state index contributed by atoms with van der Waals surface area (Å²) >= 11 is 7.22. The molecule has 1 amide bonds. The number of benzene rings is 2. The van der Waals surface area contributed by atoms with Gasteiger partial charge in [0.2, 0.25) is 15.9 Å². The molecule has 2 aromatic carbocycles. The van der Waals surface area contributed by atoms with Crippen LogP contribution in [0.25, 0.3) is 0 Å². The molecule has 1 heterocycles. The number of hydrogen-bond donors (Lipinski definition) is 2. The predicted octanol–water partition coefficient (Wildman–Crippen LogP) is 3.25. The van der Waals surface area contributed by atoms with E-state index in [-0.39, 0.29) is 22.6 Å². The molecule has 0 radical (unpaired) electrons. The molecular weight excluding hydrogens is 368 g/mol. The molecule has 0 fully saturated rings. The molecule has 0 saturated heterocycles. The molecule has 2 N–H and O–H groups in total. The second-order valence-electron chi connectivity index (χ2n) is 5.36. The van der Waals surface area contributed by atoms with Crippen LogP contribution in [0.1, 0.15) is 12.5 Å². The first-order chi connectivity index (χ1) is 11.3. The zero-order valence-corrected chi connectivity index (χ0v) is 15.1. The van der Waals surface area contributed by atoms with E-state index in [4.69, 9.17) is 11.6 Å². The quantitative estimate of drug-likeness (QED) is 0.851. The molecule has 0 spiro atoms. The van der Waals surface area contributed by atoms with E-state index in [0.29, 0.717) is 10.7 Å². The predicted molar refractivity (Wildman–Crippen MR) is 95.9 cm³/mol.